The van der Waals surface area contributed by atoms with Crippen molar-refractivity contribution in [1.29, 1.82) is 0 Å². The highest BCUT2D eigenvalue weighted by molar-refractivity contribution is 9.10. The number of carbonyl (C=O) groups is 1. The number of aromatic nitrogens is 2. The number of fused-ring (bicyclic) bond motifs is 1. The predicted molar refractivity (Wildman–Crippen MR) is 178 cm³/mol. The Labute approximate surface area is 268 Å². The summed E-state index contributed by atoms with van der Waals surface area (Å²) in [6.45, 7) is 6.33. The van der Waals surface area contributed by atoms with Gasteiger partial charge in [0.25, 0.3) is 5.56 Å². The minimum Gasteiger partial charge on any atom is -0.496 e. The zero-order chi connectivity index (χ0) is 32.2. The number of hydrogen-bond donors (Lipinski definition) is 1. The fourth-order valence-corrected chi connectivity index (χ4v) is 5.52. The van der Waals surface area contributed by atoms with Crippen LogP contribution in [0.25, 0.3) is 22.3 Å². The molecule has 0 aliphatic rings. The van der Waals surface area contributed by atoms with Crippen molar-refractivity contribution in [2.24, 2.45) is 5.10 Å². The van der Waals surface area contributed by atoms with Gasteiger partial charge in [0, 0.05) is 5.56 Å². The van der Waals surface area contributed by atoms with E-state index in [1.807, 2.05) is 37.3 Å². The van der Waals surface area contributed by atoms with Crippen molar-refractivity contribution in [2.45, 2.75) is 33.3 Å². The molecule has 0 aliphatic heterocycles. The second kappa shape index (κ2) is 13.4. The second-order valence-corrected chi connectivity index (χ2v) is 11.6. The summed E-state index contributed by atoms with van der Waals surface area (Å²) >= 11 is 3.57. The zero-order valence-corrected chi connectivity index (χ0v) is 27.1. The number of halogens is 1. The number of rotatable bonds is 10. The van der Waals surface area contributed by atoms with Crippen molar-refractivity contribution in [1.82, 2.24) is 9.66 Å². The third-order valence-corrected chi connectivity index (χ3v) is 7.94. The number of carboxylic acids is 1. The molecular weight excluding hydrogens is 638 g/mol. The van der Waals surface area contributed by atoms with Crippen LogP contribution in [0.1, 0.15) is 52.4 Å². The van der Waals surface area contributed by atoms with Crippen molar-refractivity contribution in [3.63, 3.8) is 0 Å². The summed E-state index contributed by atoms with van der Waals surface area (Å²) in [6.07, 6.45) is 1.57. The molecule has 0 atom stereocenters. The third-order valence-electron chi connectivity index (χ3n) is 7.35. The maximum atomic E-state index is 13.8. The molecule has 5 rings (SSSR count). The van der Waals surface area contributed by atoms with Gasteiger partial charge in [-0.05, 0) is 99.6 Å². The van der Waals surface area contributed by atoms with E-state index in [2.05, 4.69) is 34.9 Å². The van der Waals surface area contributed by atoms with Gasteiger partial charge in [0.1, 0.15) is 12.4 Å². The maximum absolute atomic E-state index is 13.8. The number of methoxy groups -OCH3 is 2. The van der Waals surface area contributed by atoms with Crippen LogP contribution in [0.4, 0.5) is 0 Å². The van der Waals surface area contributed by atoms with Gasteiger partial charge >= 0.3 is 5.97 Å². The number of carboxylic acid groups (broad SMARTS) is 1. The Hall–Kier alpha value is -4.96. The highest BCUT2D eigenvalue weighted by Gasteiger charge is 2.19. The molecule has 0 aliphatic carbocycles. The Morgan fingerprint density at radius 1 is 1.02 bits per heavy atom. The molecule has 0 amide bonds. The van der Waals surface area contributed by atoms with E-state index in [0.29, 0.717) is 38.3 Å². The molecule has 0 radical (unpaired) electrons. The van der Waals surface area contributed by atoms with E-state index in [0.717, 1.165) is 28.0 Å². The molecule has 10 heteroatoms. The zero-order valence-electron chi connectivity index (χ0n) is 25.5. The van der Waals surface area contributed by atoms with Crippen LogP contribution in [0.3, 0.4) is 0 Å². The molecule has 0 saturated heterocycles. The molecule has 0 saturated carbocycles. The van der Waals surface area contributed by atoms with Crippen molar-refractivity contribution in [2.75, 3.05) is 14.2 Å². The summed E-state index contributed by atoms with van der Waals surface area (Å²) in [5, 5.41) is 14.2. The molecule has 4 aromatic carbocycles. The topological polar surface area (TPSA) is 112 Å². The van der Waals surface area contributed by atoms with Gasteiger partial charge in [-0.2, -0.15) is 9.78 Å². The van der Waals surface area contributed by atoms with Crippen LogP contribution in [0.2, 0.25) is 0 Å². The standard InChI is InChI=1S/C35H32BrN3O6/c1-20(2)26-17-27(21(3)14-30(26)43-4)33-38-29-9-7-6-8-25(29)34(40)39(33)37-18-23-15-28(36)32(31(16-23)44-5)45-19-22-10-12-24(13-11-22)35(41)42/h6-18,20H,19H2,1-5H3,(H,41,42). The average Bonchev–Trinajstić information content (AvgIpc) is 3.03. The van der Waals surface area contributed by atoms with E-state index in [1.165, 1.54) is 23.9 Å². The Morgan fingerprint density at radius 2 is 1.73 bits per heavy atom. The van der Waals surface area contributed by atoms with Gasteiger partial charge in [-0.1, -0.05) is 38.1 Å². The summed E-state index contributed by atoms with van der Waals surface area (Å²) in [7, 11) is 3.18. The van der Waals surface area contributed by atoms with Gasteiger partial charge in [-0.3, -0.25) is 4.79 Å². The Morgan fingerprint density at radius 3 is 2.40 bits per heavy atom. The smallest absolute Gasteiger partial charge is 0.335 e. The van der Waals surface area contributed by atoms with Crippen molar-refractivity contribution in [3.8, 4) is 28.6 Å². The van der Waals surface area contributed by atoms with Gasteiger partial charge < -0.3 is 19.3 Å². The van der Waals surface area contributed by atoms with Gasteiger partial charge in [0.2, 0.25) is 0 Å². The Kier molecular flexibility index (Phi) is 9.34. The Balaban J connectivity index is 1.55. The fourth-order valence-electron chi connectivity index (χ4n) is 4.95. The predicted octanol–water partition coefficient (Wildman–Crippen LogP) is 7.43. The minimum atomic E-state index is -0.988. The van der Waals surface area contributed by atoms with Crippen molar-refractivity contribution < 1.29 is 24.1 Å². The molecule has 5 aromatic rings. The monoisotopic (exact) mass is 669 g/mol. The molecule has 1 heterocycles. The summed E-state index contributed by atoms with van der Waals surface area (Å²) in [5.41, 5.74) is 4.60. The van der Waals surface area contributed by atoms with Crippen LogP contribution in [-0.2, 0) is 6.61 Å². The average molecular weight is 671 g/mol. The third kappa shape index (κ3) is 6.61. The molecule has 1 aromatic heterocycles. The number of aryl methyl sites for hydroxylation is 1. The lowest BCUT2D eigenvalue weighted by atomic mass is 9.96. The van der Waals surface area contributed by atoms with E-state index in [4.69, 9.17) is 24.3 Å². The van der Waals surface area contributed by atoms with Gasteiger partial charge in [0.15, 0.2) is 17.3 Å². The number of para-hydroxylation sites is 1. The summed E-state index contributed by atoms with van der Waals surface area (Å²) in [4.78, 5) is 29.9. The fraction of sp³-hybridized carbons (Fsp3) is 0.200. The van der Waals surface area contributed by atoms with Gasteiger partial charge in [-0.15, -0.1) is 0 Å². The first-order chi connectivity index (χ1) is 21.6. The molecule has 0 bridgehead atoms. The van der Waals surface area contributed by atoms with Crippen LogP contribution in [0, 0.1) is 6.92 Å². The molecule has 45 heavy (non-hydrogen) atoms. The summed E-state index contributed by atoms with van der Waals surface area (Å²) in [5.74, 6) is 1.30. The molecule has 0 spiro atoms. The second-order valence-electron chi connectivity index (χ2n) is 10.7. The number of benzene rings is 4. The van der Waals surface area contributed by atoms with E-state index in [1.54, 1.807) is 43.7 Å². The van der Waals surface area contributed by atoms with Crippen molar-refractivity contribution >= 4 is 39.0 Å². The number of ether oxygens (including phenoxy) is 3. The lowest BCUT2D eigenvalue weighted by molar-refractivity contribution is 0.0697. The first-order valence-electron chi connectivity index (χ1n) is 14.2. The number of nitrogens with zero attached hydrogens (tertiary/aromatic N) is 3. The van der Waals surface area contributed by atoms with Crippen LogP contribution >= 0.6 is 15.9 Å². The van der Waals surface area contributed by atoms with Crippen molar-refractivity contribution in [3.05, 3.63) is 115 Å². The minimum absolute atomic E-state index is 0.179. The van der Waals surface area contributed by atoms with Crippen LogP contribution in [-0.4, -0.2) is 41.2 Å². The molecule has 9 nitrogen and oxygen atoms in total. The largest absolute Gasteiger partial charge is 0.496 e. The highest BCUT2D eigenvalue weighted by atomic mass is 79.9. The van der Waals surface area contributed by atoms with E-state index >= 15 is 0 Å². The van der Waals surface area contributed by atoms with Crippen LogP contribution < -0.4 is 19.8 Å². The first-order valence-corrected chi connectivity index (χ1v) is 15.0. The summed E-state index contributed by atoms with van der Waals surface area (Å²) < 4.78 is 19.2. The maximum Gasteiger partial charge on any atom is 0.335 e. The lowest BCUT2D eigenvalue weighted by Gasteiger charge is -2.17. The van der Waals surface area contributed by atoms with E-state index in [9.17, 15) is 9.59 Å². The van der Waals surface area contributed by atoms with E-state index < -0.39 is 5.97 Å². The number of aromatic carboxylic acids is 1. The molecule has 230 valence electrons. The first kappa shape index (κ1) is 31.5. The van der Waals surface area contributed by atoms with E-state index in [-0.39, 0.29) is 23.6 Å². The van der Waals surface area contributed by atoms with Gasteiger partial charge in [0.05, 0.1) is 41.4 Å². The molecular formula is C35H32BrN3O6. The number of hydrogen-bond acceptors (Lipinski definition) is 7. The lowest BCUT2D eigenvalue weighted by Crippen LogP contribution is -2.20. The summed E-state index contributed by atoms with van der Waals surface area (Å²) in [6, 6.07) is 21.2. The normalized spacial score (nSPS) is 11.4. The Bertz CT molecular complexity index is 1980. The molecule has 0 unspecified atom stereocenters. The molecule has 1 N–H and O–H groups in total. The van der Waals surface area contributed by atoms with Gasteiger partial charge in [-0.25, -0.2) is 9.78 Å². The van der Waals surface area contributed by atoms with Crippen LogP contribution in [0.15, 0.2) is 87.2 Å². The SMILES string of the molecule is COc1cc(C)c(-c2nc3ccccc3c(=O)n2N=Cc2cc(Br)c(OCc3ccc(C(=O)O)cc3)c(OC)c2)cc1C(C)C. The van der Waals surface area contributed by atoms with Crippen LogP contribution in [0.5, 0.6) is 17.2 Å². The highest BCUT2D eigenvalue weighted by Crippen LogP contribution is 2.37. The molecule has 0 fully saturated rings. The quantitative estimate of drug-likeness (QED) is 0.154.